The molecule has 11 heteroatoms. The number of aryl methyl sites for hydroxylation is 1. The number of hydrogen-bond donors (Lipinski definition) is 1. The molecule has 0 fully saturated rings. The highest BCUT2D eigenvalue weighted by Crippen LogP contribution is 2.34. The SMILES string of the molecule is O=C(NCc1nnc2n1CCCCC2)c1cnn(-c2ccccc2F)c1C(F)(F)F. The first kappa shape index (κ1) is 20.0. The van der Waals surface area contributed by atoms with Crippen LogP contribution in [0.5, 0.6) is 0 Å². The standard InChI is InChI=1S/C19H18F4N6O/c20-13-6-3-4-7-14(13)29-17(19(21,22)23)12(10-25-29)18(30)24-11-16-27-26-15-8-2-1-5-9-28(15)16/h3-4,6-7,10H,1-2,5,8-9,11H2,(H,24,30). The average molecular weight is 422 g/mol. The summed E-state index contributed by atoms with van der Waals surface area (Å²) in [4.78, 5) is 12.6. The Hall–Kier alpha value is -3.24. The van der Waals surface area contributed by atoms with Crippen molar-refractivity contribution >= 4 is 5.91 Å². The number of alkyl halides is 3. The van der Waals surface area contributed by atoms with Gasteiger partial charge in [0, 0.05) is 13.0 Å². The summed E-state index contributed by atoms with van der Waals surface area (Å²) >= 11 is 0. The van der Waals surface area contributed by atoms with Crippen LogP contribution in [0.25, 0.3) is 5.69 Å². The molecule has 0 bridgehead atoms. The van der Waals surface area contributed by atoms with Gasteiger partial charge in [-0.3, -0.25) is 4.79 Å². The van der Waals surface area contributed by atoms with Gasteiger partial charge in [-0.1, -0.05) is 18.6 Å². The van der Waals surface area contributed by atoms with E-state index in [2.05, 4.69) is 20.6 Å². The fraction of sp³-hybridized carbons (Fsp3) is 0.368. The zero-order chi connectivity index (χ0) is 21.3. The molecule has 0 aliphatic carbocycles. The lowest BCUT2D eigenvalue weighted by molar-refractivity contribution is -0.143. The molecule has 1 aliphatic heterocycles. The van der Waals surface area contributed by atoms with E-state index in [4.69, 9.17) is 0 Å². The van der Waals surface area contributed by atoms with Crippen LogP contribution in [0.1, 0.15) is 47.0 Å². The van der Waals surface area contributed by atoms with Gasteiger partial charge in [0.05, 0.1) is 18.3 Å². The van der Waals surface area contributed by atoms with E-state index in [1.807, 2.05) is 4.57 Å². The molecule has 3 heterocycles. The molecule has 0 unspecified atom stereocenters. The van der Waals surface area contributed by atoms with Crippen molar-refractivity contribution in [2.45, 2.75) is 44.9 Å². The van der Waals surface area contributed by atoms with Gasteiger partial charge in [-0.2, -0.15) is 18.3 Å². The maximum Gasteiger partial charge on any atom is 0.434 e. The lowest BCUT2D eigenvalue weighted by Crippen LogP contribution is -2.27. The van der Waals surface area contributed by atoms with E-state index in [9.17, 15) is 22.4 Å². The van der Waals surface area contributed by atoms with E-state index < -0.39 is 34.8 Å². The molecule has 0 spiro atoms. The first-order valence-electron chi connectivity index (χ1n) is 9.45. The summed E-state index contributed by atoms with van der Waals surface area (Å²) in [6.45, 7) is 0.626. The predicted octanol–water partition coefficient (Wildman–Crippen LogP) is 3.28. The van der Waals surface area contributed by atoms with E-state index in [-0.39, 0.29) is 6.54 Å². The molecule has 4 rings (SSSR count). The van der Waals surface area contributed by atoms with E-state index in [0.29, 0.717) is 17.1 Å². The van der Waals surface area contributed by atoms with Crippen molar-refractivity contribution in [3.05, 3.63) is 59.2 Å². The fourth-order valence-corrected chi connectivity index (χ4v) is 3.52. The number of aromatic nitrogens is 5. The van der Waals surface area contributed by atoms with Gasteiger partial charge in [0.15, 0.2) is 11.5 Å². The van der Waals surface area contributed by atoms with Gasteiger partial charge in [0.25, 0.3) is 5.91 Å². The fourth-order valence-electron chi connectivity index (χ4n) is 3.52. The number of fused-ring (bicyclic) bond motifs is 1. The van der Waals surface area contributed by atoms with E-state index in [0.717, 1.165) is 49.8 Å². The number of rotatable bonds is 4. The molecule has 1 aliphatic rings. The first-order valence-corrected chi connectivity index (χ1v) is 9.45. The molecule has 0 saturated carbocycles. The zero-order valence-corrected chi connectivity index (χ0v) is 15.8. The van der Waals surface area contributed by atoms with Crippen LogP contribution in [-0.4, -0.2) is 30.5 Å². The summed E-state index contributed by atoms with van der Waals surface area (Å²) in [5.74, 6) is -0.574. The van der Waals surface area contributed by atoms with Crippen LogP contribution in [0.2, 0.25) is 0 Å². The number of nitrogens with one attached hydrogen (secondary N) is 1. The van der Waals surface area contributed by atoms with E-state index >= 15 is 0 Å². The molecule has 0 radical (unpaired) electrons. The molecule has 0 saturated heterocycles. The molecule has 3 aromatic rings. The van der Waals surface area contributed by atoms with Crippen LogP contribution in [0.4, 0.5) is 17.6 Å². The summed E-state index contributed by atoms with van der Waals surface area (Å²) in [5, 5.41) is 14.2. The molecule has 30 heavy (non-hydrogen) atoms. The average Bonchev–Trinajstić information content (AvgIpc) is 3.24. The first-order chi connectivity index (χ1) is 14.4. The summed E-state index contributed by atoms with van der Waals surface area (Å²) in [5.41, 5.74) is -2.43. The summed E-state index contributed by atoms with van der Waals surface area (Å²) in [7, 11) is 0. The third kappa shape index (κ3) is 3.79. The van der Waals surface area contributed by atoms with Gasteiger partial charge in [0.2, 0.25) is 0 Å². The second-order valence-corrected chi connectivity index (χ2v) is 6.95. The van der Waals surface area contributed by atoms with E-state index in [1.165, 1.54) is 12.1 Å². The number of halogens is 4. The minimum atomic E-state index is -4.92. The van der Waals surface area contributed by atoms with Crippen LogP contribution in [0.15, 0.2) is 30.5 Å². The number of hydrogen-bond acceptors (Lipinski definition) is 4. The zero-order valence-electron chi connectivity index (χ0n) is 15.8. The Labute approximate surface area is 168 Å². The van der Waals surface area contributed by atoms with Crippen molar-refractivity contribution in [3.63, 3.8) is 0 Å². The van der Waals surface area contributed by atoms with Crippen molar-refractivity contribution in [3.8, 4) is 5.69 Å². The second kappa shape index (κ2) is 7.88. The highest BCUT2D eigenvalue weighted by molar-refractivity contribution is 5.95. The molecule has 0 atom stereocenters. The lowest BCUT2D eigenvalue weighted by atomic mass is 10.2. The predicted molar refractivity (Wildman–Crippen MR) is 97.3 cm³/mol. The number of benzene rings is 1. The number of nitrogens with zero attached hydrogens (tertiary/aromatic N) is 5. The third-order valence-corrected chi connectivity index (χ3v) is 4.96. The molecule has 1 N–H and O–H groups in total. The smallest absolute Gasteiger partial charge is 0.345 e. The van der Waals surface area contributed by atoms with Crippen LogP contribution >= 0.6 is 0 Å². The van der Waals surface area contributed by atoms with Gasteiger partial charge in [-0.25, -0.2) is 9.07 Å². The summed E-state index contributed by atoms with van der Waals surface area (Å²) in [6.07, 6.45) is -0.367. The molecule has 158 valence electrons. The van der Waals surface area contributed by atoms with Crippen molar-refractivity contribution in [2.24, 2.45) is 0 Å². The highest BCUT2D eigenvalue weighted by Gasteiger charge is 2.41. The Morgan fingerprint density at radius 2 is 1.93 bits per heavy atom. The number of carbonyl (C=O) groups excluding carboxylic acids is 1. The quantitative estimate of drug-likeness (QED) is 0.655. The largest absolute Gasteiger partial charge is 0.434 e. The topological polar surface area (TPSA) is 77.6 Å². The number of para-hydroxylation sites is 1. The van der Waals surface area contributed by atoms with Crippen molar-refractivity contribution in [1.82, 2.24) is 29.9 Å². The molecule has 1 aromatic carbocycles. The number of amides is 1. The summed E-state index contributed by atoms with van der Waals surface area (Å²) in [6, 6.07) is 4.92. The Morgan fingerprint density at radius 3 is 2.70 bits per heavy atom. The van der Waals surface area contributed by atoms with Gasteiger partial charge in [-0.05, 0) is 25.0 Å². The van der Waals surface area contributed by atoms with Crippen LogP contribution in [-0.2, 0) is 25.7 Å². The van der Waals surface area contributed by atoms with Crippen LogP contribution in [0, 0.1) is 5.82 Å². The third-order valence-electron chi connectivity index (χ3n) is 4.96. The Bertz CT molecular complexity index is 1070. The summed E-state index contributed by atoms with van der Waals surface area (Å²) < 4.78 is 57.5. The highest BCUT2D eigenvalue weighted by atomic mass is 19.4. The maximum absolute atomic E-state index is 14.0. The number of carbonyl (C=O) groups is 1. The van der Waals surface area contributed by atoms with Crippen molar-refractivity contribution < 1.29 is 22.4 Å². The van der Waals surface area contributed by atoms with Gasteiger partial charge in [0.1, 0.15) is 17.3 Å². The monoisotopic (exact) mass is 422 g/mol. The molecule has 2 aromatic heterocycles. The van der Waals surface area contributed by atoms with Crippen LogP contribution in [0.3, 0.4) is 0 Å². The van der Waals surface area contributed by atoms with Gasteiger partial charge >= 0.3 is 6.18 Å². The molecular formula is C19H18F4N6O. The van der Waals surface area contributed by atoms with E-state index in [1.54, 1.807) is 0 Å². The van der Waals surface area contributed by atoms with Gasteiger partial charge in [-0.15, -0.1) is 10.2 Å². The second-order valence-electron chi connectivity index (χ2n) is 6.95. The Kier molecular flexibility index (Phi) is 5.27. The normalized spacial score (nSPS) is 14.3. The maximum atomic E-state index is 14.0. The molecule has 1 amide bonds. The lowest BCUT2D eigenvalue weighted by Gasteiger charge is -2.13. The van der Waals surface area contributed by atoms with Crippen LogP contribution < -0.4 is 5.32 Å². The van der Waals surface area contributed by atoms with Gasteiger partial charge < -0.3 is 9.88 Å². The minimum absolute atomic E-state index is 0.0754. The molecule has 7 nitrogen and oxygen atoms in total. The molecular weight excluding hydrogens is 404 g/mol. The Balaban J connectivity index is 1.61. The Morgan fingerprint density at radius 1 is 1.13 bits per heavy atom. The minimum Gasteiger partial charge on any atom is -0.345 e. The van der Waals surface area contributed by atoms with Crippen molar-refractivity contribution in [2.75, 3.05) is 0 Å². The van der Waals surface area contributed by atoms with Crippen molar-refractivity contribution in [1.29, 1.82) is 0 Å².